The molecule has 0 radical (unpaired) electrons. The highest BCUT2D eigenvalue weighted by Gasteiger charge is 2.25. The van der Waals surface area contributed by atoms with Crippen molar-refractivity contribution in [2.45, 2.75) is 33.1 Å². The molecular formula is C15H16FN3O2. The Morgan fingerprint density at radius 3 is 2.86 bits per heavy atom. The Morgan fingerprint density at radius 2 is 2.24 bits per heavy atom. The molecule has 1 heterocycles. The van der Waals surface area contributed by atoms with E-state index in [-0.39, 0.29) is 11.2 Å². The first kappa shape index (κ1) is 15.0. The quantitative estimate of drug-likeness (QED) is 0.911. The molecule has 2 rings (SSSR count). The van der Waals surface area contributed by atoms with Gasteiger partial charge in [-0.3, -0.25) is 0 Å². The Labute approximate surface area is 122 Å². The highest BCUT2D eigenvalue weighted by Crippen LogP contribution is 2.30. The zero-order valence-electron chi connectivity index (χ0n) is 11.9. The van der Waals surface area contributed by atoms with Gasteiger partial charge in [-0.05, 0) is 30.0 Å². The van der Waals surface area contributed by atoms with Gasteiger partial charge in [-0.15, -0.1) is 0 Å². The second-order valence-electron chi connectivity index (χ2n) is 5.35. The highest BCUT2D eigenvalue weighted by atomic mass is 19.1. The fraction of sp³-hybridized carbons (Fsp3) is 0.400. The summed E-state index contributed by atoms with van der Waals surface area (Å²) in [5.74, 6) is -0.478. The van der Waals surface area contributed by atoms with E-state index in [4.69, 9.17) is 14.9 Å². The van der Waals surface area contributed by atoms with E-state index in [1.807, 2.05) is 13.8 Å². The van der Waals surface area contributed by atoms with Gasteiger partial charge in [-0.2, -0.15) is 10.2 Å². The molecular weight excluding hydrogens is 273 g/mol. The molecule has 5 nitrogen and oxygen atoms in total. The van der Waals surface area contributed by atoms with Gasteiger partial charge in [0, 0.05) is 18.4 Å². The van der Waals surface area contributed by atoms with Crippen LogP contribution in [0.2, 0.25) is 0 Å². The van der Waals surface area contributed by atoms with Crippen molar-refractivity contribution in [1.29, 1.82) is 5.26 Å². The van der Waals surface area contributed by atoms with Crippen molar-refractivity contribution in [3.63, 3.8) is 0 Å². The standard InChI is InChI=1S/C15H16FN3O2/c1-3-15(2,6-7-17)9-13-18-14(19-21-13)10-4-5-12(20)11(16)8-10/h4-5,8,20H,3,6,9H2,1-2H3. The maximum Gasteiger partial charge on any atom is 0.227 e. The van der Waals surface area contributed by atoms with Crippen molar-refractivity contribution >= 4 is 0 Å². The minimum Gasteiger partial charge on any atom is -0.505 e. The van der Waals surface area contributed by atoms with E-state index in [0.29, 0.717) is 24.3 Å². The molecule has 2 aromatic rings. The molecule has 0 fully saturated rings. The maximum absolute atomic E-state index is 13.3. The lowest BCUT2D eigenvalue weighted by molar-refractivity contribution is 0.266. The molecule has 0 aliphatic heterocycles. The third kappa shape index (κ3) is 3.37. The number of phenols is 1. The van der Waals surface area contributed by atoms with Crippen molar-refractivity contribution in [1.82, 2.24) is 10.1 Å². The molecule has 0 saturated heterocycles. The monoisotopic (exact) mass is 289 g/mol. The van der Waals surface area contributed by atoms with Crippen LogP contribution < -0.4 is 0 Å². The van der Waals surface area contributed by atoms with Gasteiger partial charge in [-0.25, -0.2) is 4.39 Å². The van der Waals surface area contributed by atoms with Crippen LogP contribution in [0.25, 0.3) is 11.4 Å². The molecule has 0 bridgehead atoms. The Kier molecular flexibility index (Phi) is 4.22. The van der Waals surface area contributed by atoms with Gasteiger partial charge in [-0.1, -0.05) is 19.0 Å². The van der Waals surface area contributed by atoms with E-state index in [0.717, 1.165) is 12.5 Å². The van der Waals surface area contributed by atoms with Crippen LogP contribution in [0.1, 0.15) is 32.6 Å². The number of rotatable bonds is 5. The molecule has 1 atom stereocenters. The van der Waals surface area contributed by atoms with Crippen LogP contribution >= 0.6 is 0 Å². The number of aromatic hydroxyl groups is 1. The Morgan fingerprint density at radius 1 is 1.48 bits per heavy atom. The minimum atomic E-state index is -0.735. The van der Waals surface area contributed by atoms with Crippen molar-refractivity contribution in [2.75, 3.05) is 0 Å². The van der Waals surface area contributed by atoms with Gasteiger partial charge in [0.1, 0.15) is 0 Å². The first-order valence-electron chi connectivity index (χ1n) is 6.66. The summed E-state index contributed by atoms with van der Waals surface area (Å²) in [6.07, 6.45) is 1.70. The average Bonchev–Trinajstić information content (AvgIpc) is 2.90. The smallest absolute Gasteiger partial charge is 0.227 e. The van der Waals surface area contributed by atoms with Gasteiger partial charge in [0.25, 0.3) is 0 Å². The maximum atomic E-state index is 13.3. The van der Waals surface area contributed by atoms with Crippen LogP contribution in [0, 0.1) is 22.6 Å². The van der Waals surface area contributed by atoms with Crippen LogP contribution in [0.15, 0.2) is 22.7 Å². The van der Waals surface area contributed by atoms with Crippen molar-refractivity contribution in [3.05, 3.63) is 29.9 Å². The van der Waals surface area contributed by atoms with Crippen molar-refractivity contribution in [3.8, 4) is 23.2 Å². The molecule has 0 spiro atoms. The van der Waals surface area contributed by atoms with Gasteiger partial charge < -0.3 is 9.63 Å². The molecule has 1 N–H and O–H groups in total. The lowest BCUT2D eigenvalue weighted by Crippen LogP contribution is -2.18. The lowest BCUT2D eigenvalue weighted by Gasteiger charge is -2.22. The summed E-state index contributed by atoms with van der Waals surface area (Å²) >= 11 is 0. The Balaban J connectivity index is 2.22. The van der Waals surface area contributed by atoms with Crippen LogP contribution in [0.3, 0.4) is 0 Å². The summed E-state index contributed by atoms with van der Waals surface area (Å²) in [4.78, 5) is 4.23. The number of nitriles is 1. The molecule has 1 unspecified atom stereocenters. The van der Waals surface area contributed by atoms with Crippen LogP contribution in [-0.2, 0) is 6.42 Å². The predicted molar refractivity (Wildman–Crippen MR) is 73.7 cm³/mol. The molecule has 1 aromatic carbocycles. The van der Waals surface area contributed by atoms with Crippen LogP contribution in [0.5, 0.6) is 5.75 Å². The second kappa shape index (κ2) is 5.92. The first-order valence-corrected chi connectivity index (χ1v) is 6.66. The molecule has 110 valence electrons. The zero-order chi connectivity index (χ0) is 15.5. The van der Waals surface area contributed by atoms with E-state index in [1.54, 1.807) is 0 Å². The number of phenolic OH excluding ortho intramolecular Hbond substituents is 1. The lowest BCUT2D eigenvalue weighted by atomic mass is 9.81. The summed E-state index contributed by atoms with van der Waals surface area (Å²) in [5.41, 5.74) is 0.206. The fourth-order valence-corrected chi connectivity index (χ4v) is 1.96. The molecule has 0 aliphatic rings. The van der Waals surface area contributed by atoms with E-state index >= 15 is 0 Å². The second-order valence-corrected chi connectivity index (χ2v) is 5.35. The van der Waals surface area contributed by atoms with Gasteiger partial charge in [0.05, 0.1) is 6.07 Å². The molecule has 1 aromatic heterocycles. The van der Waals surface area contributed by atoms with E-state index < -0.39 is 11.6 Å². The minimum absolute atomic E-state index is 0.223. The van der Waals surface area contributed by atoms with Crippen molar-refractivity contribution in [2.24, 2.45) is 5.41 Å². The molecule has 0 amide bonds. The number of aromatic nitrogens is 2. The predicted octanol–water partition coefficient (Wildman–Crippen LogP) is 3.45. The SMILES string of the molecule is CCC(C)(CC#N)Cc1nc(-c2ccc(O)c(F)c2)no1. The molecule has 6 heteroatoms. The van der Waals surface area contributed by atoms with Crippen LogP contribution in [0.4, 0.5) is 4.39 Å². The first-order chi connectivity index (χ1) is 9.97. The van der Waals surface area contributed by atoms with Crippen molar-refractivity contribution < 1.29 is 14.0 Å². The summed E-state index contributed by atoms with van der Waals surface area (Å²) in [7, 11) is 0. The largest absolute Gasteiger partial charge is 0.505 e. The molecule has 0 saturated carbocycles. The zero-order valence-corrected chi connectivity index (χ0v) is 11.9. The number of halogens is 1. The number of hydrogen-bond donors (Lipinski definition) is 1. The normalized spacial score (nSPS) is 13.6. The van der Waals surface area contributed by atoms with E-state index in [9.17, 15) is 4.39 Å². The molecule has 0 aliphatic carbocycles. The summed E-state index contributed by atoms with van der Waals surface area (Å²) in [5, 5.41) is 21.9. The number of hydrogen-bond acceptors (Lipinski definition) is 5. The van der Waals surface area contributed by atoms with E-state index in [1.165, 1.54) is 12.1 Å². The van der Waals surface area contributed by atoms with Crippen LogP contribution in [-0.4, -0.2) is 15.2 Å². The third-order valence-electron chi connectivity index (χ3n) is 3.61. The average molecular weight is 289 g/mol. The third-order valence-corrected chi connectivity index (χ3v) is 3.61. The number of benzene rings is 1. The Hall–Kier alpha value is -2.42. The van der Waals surface area contributed by atoms with Gasteiger partial charge in [0.15, 0.2) is 11.6 Å². The molecule has 21 heavy (non-hydrogen) atoms. The summed E-state index contributed by atoms with van der Waals surface area (Å²) < 4.78 is 18.5. The Bertz CT molecular complexity index is 678. The highest BCUT2D eigenvalue weighted by molar-refractivity contribution is 5.55. The fourth-order valence-electron chi connectivity index (χ4n) is 1.96. The van der Waals surface area contributed by atoms with Gasteiger partial charge >= 0.3 is 0 Å². The summed E-state index contributed by atoms with van der Waals surface area (Å²) in [6, 6.07) is 6.07. The van der Waals surface area contributed by atoms with E-state index in [2.05, 4.69) is 16.2 Å². The topological polar surface area (TPSA) is 82.9 Å². The van der Waals surface area contributed by atoms with Gasteiger partial charge in [0.2, 0.25) is 11.7 Å². The summed E-state index contributed by atoms with van der Waals surface area (Å²) in [6.45, 7) is 3.99. The number of nitrogens with zero attached hydrogens (tertiary/aromatic N) is 3.